The number of fused-ring (bicyclic) bond motifs is 2. The third-order valence-electron chi connectivity index (χ3n) is 3.82. The number of ether oxygens (including phenoxy) is 1. The Hall–Kier alpha value is -1.57. The molecule has 0 spiro atoms. The van der Waals surface area contributed by atoms with Crippen LogP contribution in [0.5, 0.6) is 5.75 Å². The lowest BCUT2D eigenvalue weighted by molar-refractivity contribution is -0.139. The third kappa shape index (κ3) is 1.99. The van der Waals surface area contributed by atoms with Crippen LogP contribution in [0.25, 0.3) is 0 Å². The van der Waals surface area contributed by atoms with Crippen LogP contribution in [-0.2, 0) is 4.79 Å². The molecule has 2 heteroatoms. The Bertz CT molecular complexity index is 458. The summed E-state index contributed by atoms with van der Waals surface area (Å²) < 4.78 is 5.43. The minimum Gasteiger partial charge on any atom is -0.426 e. The second-order valence-corrected chi connectivity index (χ2v) is 5.12. The van der Waals surface area contributed by atoms with Crippen molar-refractivity contribution in [1.29, 1.82) is 0 Å². The molecule has 3 atom stereocenters. The van der Waals surface area contributed by atoms with Gasteiger partial charge in [0.05, 0.1) is 5.92 Å². The van der Waals surface area contributed by atoms with Crippen LogP contribution in [0.1, 0.15) is 18.4 Å². The van der Waals surface area contributed by atoms with Crippen molar-refractivity contribution >= 4 is 5.97 Å². The van der Waals surface area contributed by atoms with Gasteiger partial charge >= 0.3 is 5.97 Å². The van der Waals surface area contributed by atoms with E-state index in [1.807, 2.05) is 31.2 Å². The molecule has 3 rings (SSSR count). The summed E-state index contributed by atoms with van der Waals surface area (Å²) in [6.45, 7) is 2.02. The number of rotatable bonds is 2. The van der Waals surface area contributed by atoms with Crippen LogP contribution in [0.15, 0.2) is 36.4 Å². The molecule has 0 radical (unpaired) electrons. The predicted octanol–water partition coefficient (Wildman–Crippen LogP) is 3.11. The molecule has 1 aromatic carbocycles. The second-order valence-electron chi connectivity index (χ2n) is 5.12. The van der Waals surface area contributed by atoms with E-state index < -0.39 is 0 Å². The first kappa shape index (κ1) is 10.6. The van der Waals surface area contributed by atoms with Crippen molar-refractivity contribution in [3.8, 4) is 5.75 Å². The van der Waals surface area contributed by atoms with Crippen LogP contribution < -0.4 is 4.74 Å². The van der Waals surface area contributed by atoms with Gasteiger partial charge in [-0.15, -0.1) is 0 Å². The minimum absolute atomic E-state index is 0.0642. The zero-order valence-electron chi connectivity index (χ0n) is 9.93. The molecule has 17 heavy (non-hydrogen) atoms. The highest BCUT2D eigenvalue weighted by Gasteiger charge is 2.40. The van der Waals surface area contributed by atoms with Crippen molar-refractivity contribution in [2.45, 2.75) is 19.8 Å². The lowest BCUT2D eigenvalue weighted by Gasteiger charge is -2.16. The Balaban J connectivity index is 1.68. The summed E-state index contributed by atoms with van der Waals surface area (Å²) in [5.41, 5.74) is 1.17. The zero-order valence-corrected chi connectivity index (χ0v) is 9.93. The molecule has 1 aromatic rings. The quantitative estimate of drug-likeness (QED) is 0.441. The van der Waals surface area contributed by atoms with E-state index in [9.17, 15) is 4.79 Å². The monoisotopic (exact) mass is 228 g/mol. The fraction of sp³-hybridized carbons (Fsp3) is 0.400. The van der Waals surface area contributed by atoms with Crippen LogP contribution in [0, 0.1) is 24.7 Å². The fourth-order valence-corrected chi connectivity index (χ4v) is 2.85. The van der Waals surface area contributed by atoms with E-state index >= 15 is 0 Å². The van der Waals surface area contributed by atoms with Crippen LogP contribution in [-0.4, -0.2) is 5.97 Å². The number of aryl methyl sites for hydroxylation is 1. The van der Waals surface area contributed by atoms with Gasteiger partial charge in [-0.2, -0.15) is 0 Å². The number of hydrogen-bond donors (Lipinski definition) is 0. The number of allylic oxidation sites excluding steroid dienone is 2. The molecule has 2 nitrogen and oxygen atoms in total. The van der Waals surface area contributed by atoms with E-state index in [0.717, 1.165) is 12.8 Å². The highest BCUT2D eigenvalue weighted by atomic mass is 16.5. The lowest BCUT2D eigenvalue weighted by atomic mass is 9.94. The number of hydrogen-bond acceptors (Lipinski definition) is 2. The van der Waals surface area contributed by atoms with Gasteiger partial charge in [-0.25, -0.2) is 0 Å². The zero-order chi connectivity index (χ0) is 11.8. The van der Waals surface area contributed by atoms with Crippen molar-refractivity contribution in [1.82, 2.24) is 0 Å². The van der Waals surface area contributed by atoms with Crippen LogP contribution in [0.3, 0.4) is 0 Å². The first-order chi connectivity index (χ1) is 8.22. The molecule has 2 aliphatic carbocycles. The standard InChI is InChI=1S/C15H16O2/c1-10-2-6-13(7-3-10)17-15(16)14-9-11-4-5-12(14)8-11/h2-7,11-12,14H,8-9H2,1H3. The maximum absolute atomic E-state index is 12.0. The number of benzene rings is 1. The molecule has 1 saturated carbocycles. The molecule has 88 valence electrons. The maximum Gasteiger partial charge on any atom is 0.314 e. The van der Waals surface area contributed by atoms with Crippen molar-refractivity contribution in [2.75, 3.05) is 0 Å². The summed E-state index contributed by atoms with van der Waals surface area (Å²) in [5.74, 6) is 1.69. The normalized spacial score (nSPS) is 29.6. The molecule has 0 N–H and O–H groups in total. The SMILES string of the molecule is Cc1ccc(OC(=O)C2CC3C=CC2C3)cc1. The Morgan fingerprint density at radius 2 is 1.94 bits per heavy atom. The summed E-state index contributed by atoms with van der Waals surface area (Å²) in [5, 5.41) is 0. The average molecular weight is 228 g/mol. The Morgan fingerprint density at radius 3 is 2.53 bits per heavy atom. The predicted molar refractivity (Wildman–Crippen MR) is 65.7 cm³/mol. The largest absolute Gasteiger partial charge is 0.426 e. The summed E-state index contributed by atoms with van der Waals surface area (Å²) in [6.07, 6.45) is 6.51. The summed E-state index contributed by atoms with van der Waals surface area (Å²) in [4.78, 5) is 12.0. The van der Waals surface area contributed by atoms with E-state index in [2.05, 4.69) is 12.2 Å². The van der Waals surface area contributed by atoms with Crippen LogP contribution >= 0.6 is 0 Å². The lowest BCUT2D eigenvalue weighted by Crippen LogP contribution is -2.23. The molecule has 1 fully saturated rings. The van der Waals surface area contributed by atoms with Crippen molar-refractivity contribution in [3.63, 3.8) is 0 Å². The van der Waals surface area contributed by atoms with Crippen LogP contribution in [0.4, 0.5) is 0 Å². The Kier molecular flexibility index (Phi) is 2.50. The van der Waals surface area contributed by atoms with Crippen molar-refractivity contribution in [2.24, 2.45) is 17.8 Å². The molecule has 0 saturated heterocycles. The summed E-state index contributed by atoms with van der Waals surface area (Å²) >= 11 is 0. The topological polar surface area (TPSA) is 26.3 Å². The van der Waals surface area contributed by atoms with Crippen molar-refractivity contribution in [3.05, 3.63) is 42.0 Å². The van der Waals surface area contributed by atoms with Gasteiger partial charge in [0.2, 0.25) is 0 Å². The van der Waals surface area contributed by atoms with E-state index in [-0.39, 0.29) is 11.9 Å². The maximum atomic E-state index is 12.0. The Morgan fingerprint density at radius 1 is 1.18 bits per heavy atom. The molecular formula is C15H16O2. The highest BCUT2D eigenvalue weighted by molar-refractivity contribution is 5.76. The van der Waals surface area contributed by atoms with Gasteiger partial charge in [0.15, 0.2) is 0 Å². The Labute approximate surface area is 101 Å². The molecule has 0 aliphatic heterocycles. The van der Waals surface area contributed by atoms with Gasteiger partial charge in [0.25, 0.3) is 0 Å². The van der Waals surface area contributed by atoms with Gasteiger partial charge in [-0.05, 0) is 43.7 Å². The molecule has 3 unspecified atom stereocenters. The van der Waals surface area contributed by atoms with Gasteiger partial charge in [0.1, 0.15) is 5.75 Å². The fourth-order valence-electron chi connectivity index (χ4n) is 2.85. The number of carbonyl (C=O) groups excluding carboxylic acids is 1. The number of esters is 1. The molecule has 0 amide bonds. The summed E-state index contributed by atoms with van der Waals surface area (Å²) in [7, 11) is 0. The second kappa shape index (κ2) is 4.02. The van der Waals surface area contributed by atoms with E-state index in [0.29, 0.717) is 17.6 Å². The van der Waals surface area contributed by atoms with Gasteiger partial charge in [-0.3, -0.25) is 4.79 Å². The molecule has 2 bridgehead atoms. The molecular weight excluding hydrogens is 212 g/mol. The van der Waals surface area contributed by atoms with E-state index in [1.165, 1.54) is 5.56 Å². The van der Waals surface area contributed by atoms with Crippen LogP contribution in [0.2, 0.25) is 0 Å². The molecule has 0 aromatic heterocycles. The first-order valence-corrected chi connectivity index (χ1v) is 6.19. The van der Waals surface area contributed by atoms with Gasteiger partial charge in [-0.1, -0.05) is 29.8 Å². The summed E-state index contributed by atoms with van der Waals surface area (Å²) in [6, 6.07) is 7.64. The first-order valence-electron chi connectivity index (χ1n) is 6.19. The van der Waals surface area contributed by atoms with Crippen molar-refractivity contribution < 1.29 is 9.53 Å². The third-order valence-corrected chi connectivity index (χ3v) is 3.82. The minimum atomic E-state index is -0.0642. The van der Waals surface area contributed by atoms with Gasteiger partial charge in [0, 0.05) is 0 Å². The van der Waals surface area contributed by atoms with E-state index in [4.69, 9.17) is 4.74 Å². The highest BCUT2D eigenvalue weighted by Crippen LogP contribution is 2.43. The molecule has 0 heterocycles. The van der Waals surface area contributed by atoms with E-state index in [1.54, 1.807) is 0 Å². The molecule has 2 aliphatic rings. The average Bonchev–Trinajstić information content (AvgIpc) is 2.94. The van der Waals surface area contributed by atoms with Gasteiger partial charge < -0.3 is 4.74 Å². The number of carbonyl (C=O) groups is 1. The smallest absolute Gasteiger partial charge is 0.314 e.